The average Bonchev–Trinajstić information content (AvgIpc) is 3.12. The molecule has 0 radical (unpaired) electrons. The Labute approximate surface area is 146 Å². The summed E-state index contributed by atoms with van der Waals surface area (Å²) in [6.07, 6.45) is 8.04. The number of aromatic nitrogens is 4. The topological polar surface area (TPSA) is 62.1 Å². The first-order valence-corrected chi connectivity index (χ1v) is 8.42. The normalized spacial score (nSPS) is 23.5. The van der Waals surface area contributed by atoms with Crippen LogP contribution in [0.4, 0.5) is 0 Å². The molecule has 4 rings (SSSR count). The molecular formula is C19H20N4O2. The van der Waals surface area contributed by atoms with Gasteiger partial charge in [0.2, 0.25) is 6.29 Å². The van der Waals surface area contributed by atoms with E-state index in [2.05, 4.69) is 23.9 Å². The van der Waals surface area contributed by atoms with E-state index >= 15 is 0 Å². The van der Waals surface area contributed by atoms with Gasteiger partial charge in [0.1, 0.15) is 0 Å². The zero-order chi connectivity index (χ0) is 17.2. The molecule has 1 fully saturated rings. The summed E-state index contributed by atoms with van der Waals surface area (Å²) < 4.78 is 13.6. The van der Waals surface area contributed by atoms with Crippen molar-refractivity contribution in [3.63, 3.8) is 0 Å². The molecule has 2 unspecified atom stereocenters. The Bertz CT molecular complexity index is 839. The van der Waals surface area contributed by atoms with Gasteiger partial charge < -0.3 is 9.47 Å². The Kier molecular flexibility index (Phi) is 4.29. The lowest BCUT2D eigenvalue weighted by Crippen LogP contribution is -2.30. The van der Waals surface area contributed by atoms with E-state index in [0.29, 0.717) is 0 Å². The lowest BCUT2D eigenvalue weighted by Gasteiger charge is -2.32. The van der Waals surface area contributed by atoms with Crippen LogP contribution in [0.3, 0.4) is 0 Å². The van der Waals surface area contributed by atoms with E-state index in [9.17, 15) is 0 Å². The van der Waals surface area contributed by atoms with E-state index in [1.54, 1.807) is 23.3 Å². The third kappa shape index (κ3) is 3.45. The molecule has 2 atom stereocenters. The van der Waals surface area contributed by atoms with Crippen molar-refractivity contribution in [3.05, 3.63) is 60.8 Å². The maximum atomic E-state index is 5.89. The molecule has 25 heavy (non-hydrogen) atoms. The van der Waals surface area contributed by atoms with Crippen LogP contribution in [-0.4, -0.2) is 32.0 Å². The van der Waals surface area contributed by atoms with E-state index in [1.165, 1.54) is 0 Å². The van der Waals surface area contributed by atoms with Gasteiger partial charge in [0.15, 0.2) is 0 Å². The van der Waals surface area contributed by atoms with Crippen LogP contribution in [0.5, 0.6) is 0 Å². The Morgan fingerprint density at radius 3 is 2.64 bits per heavy atom. The second-order valence-electron chi connectivity index (χ2n) is 6.29. The van der Waals surface area contributed by atoms with Gasteiger partial charge in [-0.05, 0) is 44.5 Å². The summed E-state index contributed by atoms with van der Waals surface area (Å²) in [6, 6.07) is 9.71. The number of nitrogens with zero attached hydrogens (tertiary/aromatic N) is 4. The van der Waals surface area contributed by atoms with E-state index in [1.807, 2.05) is 36.5 Å². The molecule has 1 aliphatic rings. The van der Waals surface area contributed by atoms with Crippen LogP contribution in [0.15, 0.2) is 55.1 Å². The van der Waals surface area contributed by atoms with Crippen molar-refractivity contribution in [2.24, 2.45) is 0 Å². The Hall–Kier alpha value is -2.57. The van der Waals surface area contributed by atoms with Crippen LogP contribution < -0.4 is 0 Å². The molecule has 0 N–H and O–H groups in total. The molecule has 0 saturated carbocycles. The van der Waals surface area contributed by atoms with Gasteiger partial charge in [0.25, 0.3) is 0 Å². The average molecular weight is 336 g/mol. The van der Waals surface area contributed by atoms with Gasteiger partial charge in [0.05, 0.1) is 41.7 Å². The quantitative estimate of drug-likeness (QED) is 0.732. The first-order valence-electron chi connectivity index (χ1n) is 8.42. The zero-order valence-corrected chi connectivity index (χ0v) is 14.2. The fraction of sp³-hybridized carbons (Fsp3) is 0.316. The van der Waals surface area contributed by atoms with Gasteiger partial charge >= 0.3 is 0 Å². The van der Waals surface area contributed by atoms with Gasteiger partial charge in [-0.15, -0.1) is 0 Å². The summed E-state index contributed by atoms with van der Waals surface area (Å²) in [7, 11) is 0. The van der Waals surface area contributed by atoms with Gasteiger partial charge in [0, 0.05) is 18.0 Å². The Balaban J connectivity index is 1.61. The molecule has 3 aromatic rings. The number of pyridine rings is 2. The molecular weight excluding hydrogens is 316 g/mol. The van der Waals surface area contributed by atoms with Gasteiger partial charge in [-0.1, -0.05) is 6.07 Å². The molecule has 0 aromatic carbocycles. The fourth-order valence-corrected chi connectivity index (χ4v) is 3.00. The van der Waals surface area contributed by atoms with E-state index in [-0.39, 0.29) is 12.2 Å². The molecule has 0 spiro atoms. The van der Waals surface area contributed by atoms with Crippen LogP contribution >= 0.6 is 0 Å². The van der Waals surface area contributed by atoms with Crippen LogP contribution in [0.2, 0.25) is 0 Å². The highest BCUT2D eigenvalue weighted by molar-refractivity contribution is 5.57. The second-order valence-corrected chi connectivity index (χ2v) is 6.29. The summed E-state index contributed by atoms with van der Waals surface area (Å²) in [6.45, 7) is 4.13. The highest BCUT2D eigenvalue weighted by Crippen LogP contribution is 2.29. The van der Waals surface area contributed by atoms with Crippen molar-refractivity contribution < 1.29 is 9.47 Å². The monoisotopic (exact) mass is 336 g/mol. The summed E-state index contributed by atoms with van der Waals surface area (Å²) in [5.74, 6) is 0. The molecule has 0 amide bonds. The SMILES string of the molecule is CC1CC(C)OC(c2cccc(-c3cnn(-c4cccnc4)c3)n2)O1. The number of hydrogen-bond acceptors (Lipinski definition) is 5. The predicted octanol–water partition coefficient (Wildman–Crippen LogP) is 3.54. The molecule has 6 nitrogen and oxygen atoms in total. The first-order chi connectivity index (χ1) is 12.2. The molecule has 128 valence electrons. The summed E-state index contributed by atoms with van der Waals surface area (Å²) >= 11 is 0. The van der Waals surface area contributed by atoms with Gasteiger partial charge in [-0.2, -0.15) is 5.10 Å². The van der Waals surface area contributed by atoms with Crippen molar-refractivity contribution in [2.45, 2.75) is 38.8 Å². The van der Waals surface area contributed by atoms with Gasteiger partial charge in [-0.3, -0.25) is 4.98 Å². The van der Waals surface area contributed by atoms with Crippen LogP contribution in [0.1, 0.15) is 32.3 Å². The van der Waals surface area contributed by atoms with Crippen LogP contribution in [-0.2, 0) is 9.47 Å². The first kappa shape index (κ1) is 15.9. The molecule has 3 aromatic heterocycles. The summed E-state index contributed by atoms with van der Waals surface area (Å²) in [5, 5.41) is 4.40. The molecule has 4 heterocycles. The Morgan fingerprint density at radius 2 is 1.88 bits per heavy atom. The van der Waals surface area contributed by atoms with Crippen LogP contribution in [0, 0.1) is 0 Å². The van der Waals surface area contributed by atoms with Crippen LogP contribution in [0.25, 0.3) is 16.9 Å². The van der Waals surface area contributed by atoms with Crippen molar-refractivity contribution >= 4 is 0 Å². The van der Waals surface area contributed by atoms with E-state index in [4.69, 9.17) is 14.5 Å². The smallest absolute Gasteiger partial charge is 0.201 e. The van der Waals surface area contributed by atoms with E-state index < -0.39 is 6.29 Å². The summed E-state index contributed by atoms with van der Waals surface area (Å²) in [4.78, 5) is 8.85. The summed E-state index contributed by atoms with van der Waals surface area (Å²) in [5.41, 5.74) is 3.46. The third-order valence-corrected chi connectivity index (χ3v) is 4.18. The third-order valence-electron chi connectivity index (χ3n) is 4.18. The lowest BCUT2D eigenvalue weighted by atomic mass is 10.1. The molecule has 6 heteroatoms. The van der Waals surface area contributed by atoms with Gasteiger partial charge in [-0.25, -0.2) is 9.67 Å². The predicted molar refractivity (Wildman–Crippen MR) is 93.0 cm³/mol. The molecule has 0 aliphatic carbocycles. The minimum absolute atomic E-state index is 0.160. The largest absolute Gasteiger partial charge is 0.344 e. The fourth-order valence-electron chi connectivity index (χ4n) is 3.00. The maximum absolute atomic E-state index is 5.89. The maximum Gasteiger partial charge on any atom is 0.201 e. The second kappa shape index (κ2) is 6.74. The highest BCUT2D eigenvalue weighted by Gasteiger charge is 2.27. The minimum Gasteiger partial charge on any atom is -0.344 e. The van der Waals surface area contributed by atoms with Crippen molar-refractivity contribution in [3.8, 4) is 16.9 Å². The highest BCUT2D eigenvalue weighted by atomic mass is 16.7. The minimum atomic E-state index is -0.424. The Morgan fingerprint density at radius 1 is 1.04 bits per heavy atom. The molecule has 1 saturated heterocycles. The molecule has 0 bridgehead atoms. The lowest BCUT2D eigenvalue weighted by molar-refractivity contribution is -0.240. The number of rotatable bonds is 3. The molecule has 1 aliphatic heterocycles. The van der Waals surface area contributed by atoms with Crippen molar-refractivity contribution in [1.29, 1.82) is 0 Å². The number of hydrogen-bond donors (Lipinski definition) is 0. The van der Waals surface area contributed by atoms with E-state index in [0.717, 1.165) is 29.1 Å². The standard InChI is InChI=1S/C19H20N4O2/c1-13-9-14(2)25-19(24-13)18-7-3-6-17(22-18)15-10-21-23(12-15)16-5-4-8-20-11-16/h3-8,10-14,19H,9H2,1-2H3. The van der Waals surface area contributed by atoms with Crippen molar-refractivity contribution in [1.82, 2.24) is 19.7 Å². The zero-order valence-electron chi connectivity index (χ0n) is 14.2. The number of ether oxygens (including phenoxy) is 2. The van der Waals surface area contributed by atoms with Crippen molar-refractivity contribution in [2.75, 3.05) is 0 Å².